The van der Waals surface area contributed by atoms with Gasteiger partial charge in [0.25, 0.3) is 10.7 Å². The van der Waals surface area contributed by atoms with Crippen molar-refractivity contribution < 1.29 is 23.8 Å². The van der Waals surface area contributed by atoms with Crippen LogP contribution >= 0.6 is 20.8 Å². The zero-order chi connectivity index (χ0) is 18.7. The van der Waals surface area contributed by atoms with Gasteiger partial charge in [-0.3, -0.25) is 14.3 Å². The summed E-state index contributed by atoms with van der Waals surface area (Å²) >= 11 is 5.12. The number of aromatic amines is 1. The molecule has 0 amide bonds. The molecule has 0 bridgehead atoms. The first kappa shape index (κ1) is 20.0. The molecule has 2 rings (SSSR count). The van der Waals surface area contributed by atoms with Gasteiger partial charge in [-0.05, 0) is 19.1 Å². The van der Waals surface area contributed by atoms with Crippen molar-refractivity contribution in [3.8, 4) is 0 Å². The van der Waals surface area contributed by atoms with Crippen molar-refractivity contribution in [3.63, 3.8) is 0 Å². The Morgan fingerprint density at radius 2 is 2.20 bits per heavy atom. The van der Waals surface area contributed by atoms with Crippen LogP contribution in [-0.4, -0.2) is 62.3 Å². The Morgan fingerprint density at radius 1 is 1.52 bits per heavy atom. The predicted octanol–water partition coefficient (Wildman–Crippen LogP) is -0.408. The molecule has 0 saturated carbocycles. The summed E-state index contributed by atoms with van der Waals surface area (Å²) in [5.74, 6) is 0. The van der Waals surface area contributed by atoms with Gasteiger partial charge in [0, 0.05) is 32.3 Å². The maximum absolute atomic E-state index is 12.0. The van der Waals surface area contributed by atoms with E-state index < -0.39 is 38.3 Å². The van der Waals surface area contributed by atoms with Crippen molar-refractivity contribution in [1.82, 2.24) is 14.5 Å². The van der Waals surface area contributed by atoms with Crippen molar-refractivity contribution >= 4 is 26.0 Å². The van der Waals surface area contributed by atoms with Gasteiger partial charge in [0.1, 0.15) is 18.4 Å². The zero-order valence-corrected chi connectivity index (χ0v) is 15.6. The number of nitrogens with zero attached hydrogens (tertiary/aromatic N) is 2. The van der Waals surface area contributed by atoms with Crippen molar-refractivity contribution in [1.29, 1.82) is 0 Å². The molecular weight excluding hydrogens is 373 g/mol. The van der Waals surface area contributed by atoms with Gasteiger partial charge in [0.05, 0.1) is 6.61 Å². The molecule has 1 aliphatic rings. The van der Waals surface area contributed by atoms with E-state index in [0.717, 1.165) is 0 Å². The minimum atomic E-state index is -2.55. The molecule has 1 aromatic heterocycles. The summed E-state index contributed by atoms with van der Waals surface area (Å²) in [5, 5.41) is 0.222. The van der Waals surface area contributed by atoms with E-state index in [-0.39, 0.29) is 18.2 Å². The van der Waals surface area contributed by atoms with Crippen LogP contribution in [0.3, 0.4) is 0 Å². The standard InChI is InChI=1S/C13H20N3O7PS/c1-7-5-16(12(18)14-11(7)17)10-4-8(23-13(25)15(2)3)9(22-10)6-21-24(19)20/h5,8-10,19-20H,4,6H2,1-3H3,(H,14,17,18)/t8-,9?,10?/m1/s1. The Hall–Kier alpha value is -1.36. The average molecular weight is 393 g/mol. The Balaban J connectivity index is 2.21. The highest BCUT2D eigenvalue weighted by molar-refractivity contribution is 7.80. The van der Waals surface area contributed by atoms with Crippen LogP contribution < -0.4 is 11.2 Å². The Kier molecular flexibility index (Phi) is 6.66. The van der Waals surface area contributed by atoms with Crippen LogP contribution in [0.2, 0.25) is 0 Å². The molecule has 0 spiro atoms. The molecular formula is C13H20N3O7PS. The van der Waals surface area contributed by atoms with Crippen LogP contribution in [0.1, 0.15) is 18.2 Å². The summed E-state index contributed by atoms with van der Waals surface area (Å²) in [6, 6.07) is 0. The molecule has 2 heterocycles. The smallest absolute Gasteiger partial charge is 0.330 e. The van der Waals surface area contributed by atoms with E-state index in [1.807, 2.05) is 0 Å². The molecule has 1 fully saturated rings. The molecule has 1 saturated heterocycles. The van der Waals surface area contributed by atoms with Gasteiger partial charge in [-0.1, -0.05) is 0 Å². The van der Waals surface area contributed by atoms with Gasteiger partial charge in [-0.2, -0.15) is 0 Å². The summed E-state index contributed by atoms with van der Waals surface area (Å²) in [7, 11) is 0.892. The Morgan fingerprint density at radius 3 is 2.80 bits per heavy atom. The second-order valence-corrected chi connectivity index (χ2v) is 6.82. The van der Waals surface area contributed by atoms with E-state index in [9.17, 15) is 9.59 Å². The van der Waals surface area contributed by atoms with E-state index in [4.69, 9.17) is 36.0 Å². The van der Waals surface area contributed by atoms with E-state index in [1.165, 1.54) is 10.8 Å². The molecule has 3 atom stereocenters. The summed E-state index contributed by atoms with van der Waals surface area (Å²) < 4.78 is 17.5. The predicted molar refractivity (Wildman–Crippen MR) is 93.1 cm³/mol. The van der Waals surface area contributed by atoms with Crippen LogP contribution in [0.5, 0.6) is 0 Å². The third-order valence-electron chi connectivity index (χ3n) is 3.61. The van der Waals surface area contributed by atoms with Crippen molar-refractivity contribution in [2.24, 2.45) is 0 Å². The average Bonchev–Trinajstić information content (AvgIpc) is 2.91. The number of hydrogen-bond donors (Lipinski definition) is 3. The van der Waals surface area contributed by atoms with Crippen LogP contribution in [0.15, 0.2) is 15.8 Å². The molecule has 25 heavy (non-hydrogen) atoms. The molecule has 0 aliphatic carbocycles. The van der Waals surface area contributed by atoms with Gasteiger partial charge >= 0.3 is 14.3 Å². The molecule has 0 radical (unpaired) electrons. The fraction of sp³-hybridized carbons (Fsp3) is 0.615. The van der Waals surface area contributed by atoms with Crippen LogP contribution in [0.4, 0.5) is 0 Å². The van der Waals surface area contributed by atoms with Gasteiger partial charge in [0.2, 0.25) is 0 Å². The lowest BCUT2D eigenvalue weighted by Crippen LogP contribution is -2.34. The van der Waals surface area contributed by atoms with Gasteiger partial charge in [0.15, 0.2) is 0 Å². The summed E-state index contributed by atoms with van der Waals surface area (Å²) in [6.45, 7) is 1.43. The number of nitrogens with one attached hydrogen (secondary N) is 1. The molecule has 3 N–H and O–H groups in total. The highest BCUT2D eigenvalue weighted by atomic mass is 32.1. The van der Waals surface area contributed by atoms with Crippen molar-refractivity contribution in [3.05, 3.63) is 32.6 Å². The molecule has 140 valence electrons. The minimum Gasteiger partial charge on any atom is -0.465 e. The lowest BCUT2D eigenvalue weighted by atomic mass is 10.2. The quantitative estimate of drug-likeness (QED) is 0.452. The first-order valence-electron chi connectivity index (χ1n) is 7.35. The maximum atomic E-state index is 12.0. The SMILES string of the molecule is Cc1cn(C2C[C@@H](OC(=S)N(C)C)C(COP(O)O)O2)c(=O)[nH]c1=O. The highest BCUT2D eigenvalue weighted by Gasteiger charge is 2.39. The topological polar surface area (TPSA) is 126 Å². The number of aryl methyl sites for hydroxylation is 1. The van der Waals surface area contributed by atoms with Gasteiger partial charge in [-0.25, -0.2) is 4.79 Å². The Bertz CT molecular complexity index is 735. The maximum Gasteiger partial charge on any atom is 0.330 e. The monoisotopic (exact) mass is 393 g/mol. The largest absolute Gasteiger partial charge is 0.465 e. The third-order valence-corrected chi connectivity index (χ3v) is 4.45. The molecule has 12 heteroatoms. The zero-order valence-electron chi connectivity index (χ0n) is 13.9. The van der Waals surface area contributed by atoms with Gasteiger partial charge in [-0.15, -0.1) is 0 Å². The number of rotatable bonds is 5. The first-order valence-corrected chi connectivity index (χ1v) is 8.92. The van der Waals surface area contributed by atoms with Crippen LogP contribution in [0, 0.1) is 6.92 Å². The van der Waals surface area contributed by atoms with E-state index in [2.05, 4.69) is 4.98 Å². The first-order chi connectivity index (χ1) is 11.7. The second-order valence-electron chi connectivity index (χ2n) is 5.71. The summed E-state index contributed by atoms with van der Waals surface area (Å²) in [6.07, 6.45) is -0.278. The minimum absolute atomic E-state index is 0.146. The number of thiocarbonyl (C=S) groups is 1. The fourth-order valence-electron chi connectivity index (χ4n) is 2.32. The molecule has 10 nitrogen and oxygen atoms in total. The van der Waals surface area contributed by atoms with Crippen LogP contribution in [0.25, 0.3) is 0 Å². The number of ether oxygens (including phenoxy) is 2. The normalized spacial score (nSPS) is 23.0. The third kappa shape index (κ3) is 5.06. The van der Waals surface area contributed by atoms with E-state index >= 15 is 0 Å². The molecule has 1 aliphatic heterocycles. The summed E-state index contributed by atoms with van der Waals surface area (Å²) in [5.41, 5.74) is -0.715. The fourth-order valence-corrected chi connectivity index (χ4v) is 2.72. The lowest BCUT2D eigenvalue weighted by Gasteiger charge is -2.22. The van der Waals surface area contributed by atoms with Gasteiger partial charge < -0.3 is 28.7 Å². The Labute approximate surface area is 149 Å². The van der Waals surface area contributed by atoms with Crippen LogP contribution in [-0.2, 0) is 14.0 Å². The summed E-state index contributed by atoms with van der Waals surface area (Å²) in [4.78, 5) is 45.2. The lowest BCUT2D eigenvalue weighted by molar-refractivity contribution is -0.0414. The van der Waals surface area contributed by atoms with E-state index in [1.54, 1.807) is 25.9 Å². The second kappa shape index (κ2) is 8.35. The number of aromatic nitrogens is 2. The van der Waals surface area contributed by atoms with E-state index in [0.29, 0.717) is 5.56 Å². The number of hydrogen-bond acceptors (Lipinski definition) is 8. The van der Waals surface area contributed by atoms with Crippen molar-refractivity contribution in [2.45, 2.75) is 31.8 Å². The number of H-pyrrole nitrogens is 1. The molecule has 2 unspecified atom stereocenters. The molecule has 0 aromatic carbocycles. The highest BCUT2D eigenvalue weighted by Crippen LogP contribution is 2.33. The molecule has 1 aromatic rings. The van der Waals surface area contributed by atoms with Crippen molar-refractivity contribution in [2.75, 3.05) is 20.7 Å².